The first-order chi connectivity index (χ1) is 12.4. The summed E-state index contributed by atoms with van der Waals surface area (Å²) in [5.74, 6) is 2.89. The molecule has 1 aromatic rings. The van der Waals surface area contributed by atoms with Crippen molar-refractivity contribution in [2.24, 2.45) is 0 Å². The molecular weight excluding hydrogens is 588 g/mol. The van der Waals surface area contributed by atoms with Crippen molar-refractivity contribution in [3.63, 3.8) is 0 Å². The SMILES string of the molecule is C1C[S][Sb][S]1.Cc1cc[cH-]c1.[C-]#[O+].[C-]#[O+].[C-]#[O+].[C-]#[O+].[C-]#[O+].[C-]#[O+].[C-]#[O+].[Mn].[Mn]. The number of rotatable bonds is 0. The molecule has 27 heavy (non-hydrogen) atoms. The zero-order valence-corrected chi connectivity index (χ0v) is 20.1. The molecule has 0 N–H and O–H groups in total. The van der Waals surface area contributed by atoms with E-state index < -0.39 is 0 Å². The van der Waals surface area contributed by atoms with Crippen LogP contribution >= 0.6 is 17.7 Å². The van der Waals surface area contributed by atoms with Gasteiger partial charge in [-0.05, 0) is 0 Å². The molecular formula is C15H11Mn2O7S2Sb-. The molecule has 1 aromatic carbocycles. The summed E-state index contributed by atoms with van der Waals surface area (Å²) in [5, 5.41) is 0. The van der Waals surface area contributed by atoms with Gasteiger partial charge in [0.15, 0.2) is 0 Å². The Morgan fingerprint density at radius 1 is 0.741 bits per heavy atom. The van der Waals surface area contributed by atoms with Crippen LogP contribution in [0.5, 0.6) is 0 Å². The molecule has 12 heteroatoms. The summed E-state index contributed by atoms with van der Waals surface area (Å²) in [5.41, 5.74) is 1.34. The van der Waals surface area contributed by atoms with Gasteiger partial charge in [-0.2, -0.15) is 18.2 Å². The summed E-state index contributed by atoms with van der Waals surface area (Å²) in [4.78, 5) is 0. The van der Waals surface area contributed by atoms with Crippen molar-refractivity contribution in [1.29, 1.82) is 0 Å². The van der Waals surface area contributed by atoms with Gasteiger partial charge >= 0.3 is 127 Å². The third-order valence-corrected chi connectivity index (χ3v) is 11.6. The maximum atomic E-state index is 7.50. The van der Waals surface area contributed by atoms with E-state index in [1.54, 1.807) is 0 Å². The molecule has 1 fully saturated rings. The van der Waals surface area contributed by atoms with Gasteiger partial charge in [0.25, 0.3) is 0 Å². The van der Waals surface area contributed by atoms with Gasteiger partial charge in [-0.15, -0.1) is 0 Å². The molecule has 145 valence electrons. The molecule has 0 spiro atoms. The average Bonchev–Trinajstić information content (AvgIpc) is 3.50. The van der Waals surface area contributed by atoms with E-state index in [9.17, 15) is 0 Å². The maximum absolute atomic E-state index is 7.50. The summed E-state index contributed by atoms with van der Waals surface area (Å²) in [7, 11) is 4.37. The zero-order chi connectivity index (χ0) is 21.9. The third-order valence-electron chi connectivity index (χ3n) is 1.20. The standard InChI is InChI=1S/C6H7.C2H6S2.7CO.2Mn.Sb/c1-6-4-2-3-5-6;3-1-2-4;7*1-2;;;/h2-5H,1H3;3-4H,1-2H2;;;;;;;;;;/q-1;;;;;;;;;;;+2/p-2. The Morgan fingerprint density at radius 2 is 1.04 bits per heavy atom. The van der Waals surface area contributed by atoms with E-state index in [1.165, 1.54) is 17.1 Å². The van der Waals surface area contributed by atoms with Crippen LogP contribution in [0, 0.1) is 53.5 Å². The van der Waals surface area contributed by atoms with E-state index in [2.05, 4.69) is 83.3 Å². The van der Waals surface area contributed by atoms with Gasteiger partial charge in [0.2, 0.25) is 0 Å². The molecule has 0 amide bonds. The number of hydrogen-bond acceptors (Lipinski definition) is 2. The van der Waals surface area contributed by atoms with Gasteiger partial charge in [0.1, 0.15) is 0 Å². The molecule has 7 nitrogen and oxygen atoms in total. The second kappa shape index (κ2) is 112. The van der Waals surface area contributed by atoms with Crippen molar-refractivity contribution in [3.05, 3.63) is 76.4 Å². The maximum Gasteiger partial charge on any atom is 0 e. The van der Waals surface area contributed by atoms with Gasteiger partial charge in [-0.25, -0.2) is 11.6 Å². The number of hydrogen-bond donors (Lipinski definition) is 0. The first kappa shape index (κ1) is 56.3. The van der Waals surface area contributed by atoms with Crippen LogP contribution in [-0.4, -0.2) is 30.3 Å². The molecule has 3 radical (unpaired) electrons. The molecule has 1 saturated heterocycles. The average molecular weight is 599 g/mol. The van der Waals surface area contributed by atoms with Crippen LogP contribution in [0.4, 0.5) is 0 Å². The molecule has 0 aliphatic carbocycles. The Labute approximate surface area is 196 Å². The van der Waals surface area contributed by atoms with Crippen molar-refractivity contribution in [3.8, 4) is 0 Å². The van der Waals surface area contributed by atoms with Gasteiger partial charge in [0.05, 0.1) is 0 Å². The molecule has 0 saturated carbocycles. The third kappa shape index (κ3) is 104. The number of aryl methyl sites for hydroxylation is 1. The van der Waals surface area contributed by atoms with Crippen molar-refractivity contribution in [2.45, 2.75) is 6.92 Å². The molecule has 0 unspecified atom stereocenters. The summed E-state index contributed by atoms with van der Waals surface area (Å²) < 4.78 is 52.5. The molecule has 1 aliphatic heterocycles. The molecule has 0 atom stereocenters. The van der Waals surface area contributed by atoms with Crippen molar-refractivity contribution >= 4 is 36.5 Å². The van der Waals surface area contributed by atoms with Crippen LogP contribution in [0.3, 0.4) is 0 Å². The van der Waals surface area contributed by atoms with Gasteiger partial charge in [-0.3, -0.25) is 0 Å². The smallest absolute Gasteiger partial charge is 0 e. The van der Waals surface area contributed by atoms with Gasteiger partial charge < -0.3 is 0 Å². The fraction of sp³-hybridized carbons (Fsp3) is 0.200. The topological polar surface area (TPSA) is 139 Å². The Bertz CT molecular complexity index is 371. The molecule has 0 aromatic heterocycles. The van der Waals surface area contributed by atoms with Crippen molar-refractivity contribution < 1.29 is 66.7 Å². The van der Waals surface area contributed by atoms with Crippen LogP contribution in [0.1, 0.15) is 5.56 Å². The van der Waals surface area contributed by atoms with Crippen LogP contribution in [-0.2, 0) is 66.7 Å². The first-order valence-corrected chi connectivity index (χ1v) is 13.1. The summed E-state index contributed by atoms with van der Waals surface area (Å²) >= 11 is 0.300. The van der Waals surface area contributed by atoms with E-state index in [1.807, 2.05) is 12.1 Å². The molecule has 2 rings (SSSR count). The monoisotopic (exact) mass is 598 g/mol. The quantitative estimate of drug-likeness (QED) is 0.257. The Morgan fingerprint density at radius 3 is 1.11 bits per heavy atom. The fourth-order valence-corrected chi connectivity index (χ4v) is 11.7. The van der Waals surface area contributed by atoms with Crippen LogP contribution < -0.4 is 0 Å². The normalized spacial score (nSPS) is 6.93. The van der Waals surface area contributed by atoms with Crippen molar-refractivity contribution in [1.82, 2.24) is 0 Å². The predicted octanol–water partition coefficient (Wildman–Crippen LogP) is 2.45. The Hall–Kier alpha value is 0.0871. The van der Waals surface area contributed by atoms with E-state index >= 15 is 0 Å². The zero-order valence-electron chi connectivity index (χ0n) is 13.6. The van der Waals surface area contributed by atoms with Crippen LogP contribution in [0.25, 0.3) is 0 Å². The molecule has 1 heterocycles. The Kier molecular flexibility index (Phi) is 235. The second-order valence-electron chi connectivity index (χ2n) is 2.20. The summed E-state index contributed by atoms with van der Waals surface area (Å²) in [6, 6.07) is 8.24. The largest absolute Gasteiger partial charge is 0 e. The summed E-state index contributed by atoms with van der Waals surface area (Å²) in [6.45, 7) is 33.6. The van der Waals surface area contributed by atoms with E-state index in [0.29, 0.717) is 18.8 Å². The van der Waals surface area contributed by atoms with E-state index in [0.717, 1.165) is 0 Å². The van der Waals surface area contributed by atoms with E-state index in [-0.39, 0.29) is 34.1 Å². The van der Waals surface area contributed by atoms with Gasteiger partial charge in [0, 0.05) is 34.1 Å². The first-order valence-electron chi connectivity index (χ1n) is 4.95. The predicted molar refractivity (Wildman–Crippen MR) is 84.9 cm³/mol. The fourth-order valence-electron chi connectivity index (χ4n) is 0.657. The minimum absolute atomic E-state index is 0. The Balaban J connectivity index is -0.0000000204. The molecule has 1 aliphatic rings. The minimum atomic E-state index is 0. The second-order valence-corrected chi connectivity index (χ2v) is 12.4. The van der Waals surface area contributed by atoms with Crippen LogP contribution in [0.15, 0.2) is 24.3 Å². The van der Waals surface area contributed by atoms with Crippen LogP contribution in [0.2, 0.25) is 0 Å². The van der Waals surface area contributed by atoms with E-state index in [4.69, 9.17) is 32.6 Å². The van der Waals surface area contributed by atoms with Crippen molar-refractivity contribution in [2.75, 3.05) is 11.5 Å². The summed E-state index contributed by atoms with van der Waals surface area (Å²) in [6.07, 6.45) is 0. The molecule has 0 bridgehead atoms. The van der Waals surface area contributed by atoms with Gasteiger partial charge in [-0.1, -0.05) is 6.92 Å². The minimum Gasteiger partial charge on any atom is 0 e.